The Kier molecular flexibility index (Phi) is 7.53. The summed E-state index contributed by atoms with van der Waals surface area (Å²) in [5, 5.41) is 17.3. The van der Waals surface area contributed by atoms with Gasteiger partial charge in [0.2, 0.25) is 0 Å². The van der Waals surface area contributed by atoms with Crippen molar-refractivity contribution in [3.8, 4) is 0 Å². The van der Waals surface area contributed by atoms with Crippen molar-refractivity contribution < 1.29 is 5.11 Å². The third kappa shape index (κ3) is 6.69. The summed E-state index contributed by atoms with van der Waals surface area (Å²) in [5.41, 5.74) is 1.90. The second-order valence-electron chi connectivity index (χ2n) is 6.65. The van der Waals surface area contributed by atoms with Crippen LogP contribution in [0.25, 0.3) is 11.0 Å². The van der Waals surface area contributed by atoms with Gasteiger partial charge < -0.3 is 5.11 Å². The Morgan fingerprint density at radius 2 is 1.52 bits per heavy atom. The first kappa shape index (κ1) is 17.9. The summed E-state index contributed by atoms with van der Waals surface area (Å²) in [6.07, 6.45) is 12.1. The molecule has 1 heterocycles. The lowest BCUT2D eigenvalue weighted by molar-refractivity contribution is 0.255. The minimum absolute atomic E-state index is 0.0695. The van der Waals surface area contributed by atoms with E-state index < -0.39 is 0 Å². The van der Waals surface area contributed by atoms with Crippen LogP contribution in [0.15, 0.2) is 24.3 Å². The molecule has 1 aromatic heterocycles. The maximum atomic E-state index is 9.10. The zero-order chi connectivity index (χ0) is 16.5. The maximum Gasteiger partial charge on any atom is 0.113 e. The van der Waals surface area contributed by atoms with Gasteiger partial charge in [-0.1, -0.05) is 64.0 Å². The fraction of sp³-hybridized carbons (Fsp3) is 0.684. The lowest BCUT2D eigenvalue weighted by atomic mass is 10.1. The Morgan fingerprint density at radius 1 is 1.00 bits per heavy atom. The van der Waals surface area contributed by atoms with E-state index >= 15 is 0 Å². The average molecular weight is 317 g/mol. The van der Waals surface area contributed by atoms with Gasteiger partial charge in [0.15, 0.2) is 0 Å². The molecule has 2 aromatic rings. The number of hydrogen-bond acceptors (Lipinski definition) is 3. The fourth-order valence-corrected chi connectivity index (χ4v) is 2.87. The highest BCUT2D eigenvalue weighted by atomic mass is 16.3. The number of unbranched alkanes of at least 4 members (excludes halogenated alkanes) is 6. The monoisotopic (exact) mass is 317 g/mol. The SMILES string of the molecule is CCCCCCCCCC1CC1O.Cn1nc2ccccc2n1. The molecule has 1 N–H and O–H groups in total. The van der Waals surface area contributed by atoms with E-state index in [2.05, 4.69) is 17.1 Å². The van der Waals surface area contributed by atoms with Crippen molar-refractivity contribution in [2.24, 2.45) is 13.0 Å². The Hall–Kier alpha value is -1.42. The van der Waals surface area contributed by atoms with E-state index in [0.29, 0.717) is 5.92 Å². The van der Waals surface area contributed by atoms with Gasteiger partial charge in [0.1, 0.15) is 11.0 Å². The van der Waals surface area contributed by atoms with Crippen LogP contribution in [0.3, 0.4) is 0 Å². The van der Waals surface area contributed by atoms with E-state index in [1.54, 1.807) is 4.80 Å². The maximum absolute atomic E-state index is 9.10. The number of aliphatic hydroxyl groups excluding tert-OH is 1. The second-order valence-corrected chi connectivity index (χ2v) is 6.65. The summed E-state index contributed by atoms with van der Waals surface area (Å²) in [5.74, 6) is 0.677. The third-order valence-electron chi connectivity index (χ3n) is 4.45. The molecule has 0 spiro atoms. The van der Waals surface area contributed by atoms with Crippen LogP contribution in [0.1, 0.15) is 64.7 Å². The highest BCUT2D eigenvalue weighted by Crippen LogP contribution is 2.34. The van der Waals surface area contributed by atoms with Crippen LogP contribution in [0, 0.1) is 5.92 Å². The first-order valence-corrected chi connectivity index (χ1v) is 9.15. The van der Waals surface area contributed by atoms with Gasteiger partial charge in [-0.2, -0.15) is 15.0 Å². The number of hydrogen-bond donors (Lipinski definition) is 1. The minimum atomic E-state index is 0.0695. The molecule has 2 atom stereocenters. The van der Waals surface area contributed by atoms with Crippen LogP contribution in [-0.2, 0) is 7.05 Å². The van der Waals surface area contributed by atoms with Crippen LogP contribution < -0.4 is 0 Å². The van der Waals surface area contributed by atoms with E-state index in [0.717, 1.165) is 17.5 Å². The van der Waals surface area contributed by atoms with Crippen molar-refractivity contribution in [1.29, 1.82) is 0 Å². The van der Waals surface area contributed by atoms with Crippen molar-refractivity contribution >= 4 is 11.0 Å². The summed E-state index contributed by atoms with van der Waals surface area (Å²) in [4.78, 5) is 1.57. The minimum Gasteiger partial charge on any atom is -0.393 e. The van der Waals surface area contributed by atoms with Crippen molar-refractivity contribution in [2.45, 2.75) is 70.8 Å². The predicted octanol–water partition coefficient (Wildman–Crippen LogP) is 4.48. The number of fused-ring (bicyclic) bond motifs is 1. The number of aliphatic hydroxyl groups is 1. The van der Waals surface area contributed by atoms with Crippen molar-refractivity contribution in [2.75, 3.05) is 0 Å². The zero-order valence-corrected chi connectivity index (χ0v) is 14.6. The predicted molar refractivity (Wildman–Crippen MR) is 95.2 cm³/mol. The molecular weight excluding hydrogens is 286 g/mol. The molecule has 0 aliphatic heterocycles. The van der Waals surface area contributed by atoms with E-state index in [4.69, 9.17) is 5.11 Å². The Morgan fingerprint density at radius 3 is 2.04 bits per heavy atom. The highest BCUT2D eigenvalue weighted by molar-refractivity contribution is 5.72. The molecule has 1 aromatic carbocycles. The van der Waals surface area contributed by atoms with Crippen molar-refractivity contribution in [1.82, 2.24) is 15.0 Å². The van der Waals surface area contributed by atoms with Gasteiger partial charge >= 0.3 is 0 Å². The van der Waals surface area contributed by atoms with E-state index in [1.165, 1.54) is 51.4 Å². The molecule has 0 amide bonds. The summed E-state index contributed by atoms with van der Waals surface area (Å²) >= 11 is 0. The Labute approximate surface area is 139 Å². The smallest absolute Gasteiger partial charge is 0.113 e. The van der Waals surface area contributed by atoms with Gasteiger partial charge in [0.25, 0.3) is 0 Å². The average Bonchev–Trinajstić information content (AvgIpc) is 3.10. The molecule has 1 aliphatic rings. The van der Waals surface area contributed by atoms with Crippen LogP contribution in [0.5, 0.6) is 0 Å². The van der Waals surface area contributed by atoms with Crippen LogP contribution >= 0.6 is 0 Å². The van der Waals surface area contributed by atoms with Gasteiger partial charge in [0, 0.05) is 7.05 Å². The van der Waals surface area contributed by atoms with Gasteiger partial charge in [-0.15, -0.1) is 0 Å². The van der Waals surface area contributed by atoms with Crippen molar-refractivity contribution in [3.63, 3.8) is 0 Å². The highest BCUT2D eigenvalue weighted by Gasteiger charge is 2.33. The molecule has 0 saturated heterocycles. The molecule has 23 heavy (non-hydrogen) atoms. The third-order valence-corrected chi connectivity index (χ3v) is 4.45. The number of aryl methyl sites for hydroxylation is 1. The lowest BCUT2D eigenvalue weighted by Crippen LogP contribution is -1.90. The summed E-state index contributed by atoms with van der Waals surface area (Å²) in [6, 6.07) is 7.80. The number of benzene rings is 1. The van der Waals surface area contributed by atoms with Crippen LogP contribution in [-0.4, -0.2) is 26.2 Å². The van der Waals surface area contributed by atoms with Gasteiger partial charge in [-0.3, -0.25) is 0 Å². The molecule has 1 saturated carbocycles. The molecule has 4 heteroatoms. The topological polar surface area (TPSA) is 50.9 Å². The van der Waals surface area contributed by atoms with E-state index in [9.17, 15) is 0 Å². The zero-order valence-electron chi connectivity index (χ0n) is 14.6. The quantitative estimate of drug-likeness (QED) is 0.730. The molecule has 2 unspecified atom stereocenters. The van der Waals surface area contributed by atoms with Crippen molar-refractivity contribution in [3.05, 3.63) is 24.3 Å². The van der Waals surface area contributed by atoms with Crippen LogP contribution in [0.2, 0.25) is 0 Å². The first-order valence-electron chi connectivity index (χ1n) is 9.15. The number of rotatable bonds is 8. The normalized spacial score (nSPS) is 19.4. The van der Waals surface area contributed by atoms with E-state index in [1.807, 2.05) is 31.3 Å². The molecular formula is C19H31N3O. The molecule has 3 rings (SSSR count). The van der Waals surface area contributed by atoms with Crippen LogP contribution in [0.4, 0.5) is 0 Å². The summed E-state index contributed by atoms with van der Waals surface area (Å²) < 4.78 is 0. The van der Waals surface area contributed by atoms with Gasteiger partial charge in [-0.05, 0) is 30.9 Å². The first-order chi connectivity index (χ1) is 11.2. The Balaban J connectivity index is 0.000000172. The largest absolute Gasteiger partial charge is 0.393 e. The fourth-order valence-electron chi connectivity index (χ4n) is 2.87. The number of nitrogens with zero attached hydrogens (tertiary/aromatic N) is 3. The molecule has 1 fully saturated rings. The molecule has 0 bridgehead atoms. The summed E-state index contributed by atoms with van der Waals surface area (Å²) in [6.45, 7) is 2.26. The van der Waals surface area contributed by atoms with E-state index in [-0.39, 0.29) is 6.10 Å². The lowest BCUT2D eigenvalue weighted by Gasteiger charge is -2.00. The Bertz CT molecular complexity index is 533. The van der Waals surface area contributed by atoms with Gasteiger partial charge in [-0.25, -0.2) is 0 Å². The molecule has 128 valence electrons. The standard InChI is InChI=1S/C12H24O.C7H7N3/c1-2-3-4-5-6-7-8-9-11-10-12(11)13;1-10-8-6-4-2-3-5-7(6)9-10/h11-13H,2-10H2,1H3;2-5H,1H3. The summed E-state index contributed by atoms with van der Waals surface area (Å²) in [7, 11) is 1.82. The van der Waals surface area contributed by atoms with Gasteiger partial charge in [0.05, 0.1) is 6.10 Å². The molecule has 1 aliphatic carbocycles. The molecule has 4 nitrogen and oxygen atoms in total. The molecule has 0 radical (unpaired) electrons. The second kappa shape index (κ2) is 9.66. The number of aromatic nitrogens is 3.